The van der Waals surface area contributed by atoms with Crippen LogP contribution in [0.4, 0.5) is 0 Å². The van der Waals surface area contributed by atoms with Crippen molar-refractivity contribution in [1.82, 2.24) is 10.3 Å². The molecule has 1 aromatic carbocycles. The van der Waals surface area contributed by atoms with Gasteiger partial charge < -0.3 is 10.1 Å². The molecule has 108 valence electrons. The van der Waals surface area contributed by atoms with Gasteiger partial charge in [-0.05, 0) is 38.9 Å². The van der Waals surface area contributed by atoms with E-state index in [0.717, 1.165) is 35.0 Å². The molecule has 0 fully saturated rings. The number of benzene rings is 1. The first kappa shape index (κ1) is 15.0. The molecule has 4 heteroatoms. The third-order valence-electron chi connectivity index (χ3n) is 3.26. The summed E-state index contributed by atoms with van der Waals surface area (Å²) in [4.78, 5) is 6.02. The molecular formula is C16H22N2OS. The molecule has 1 unspecified atom stereocenters. The second-order valence-electron chi connectivity index (χ2n) is 4.84. The normalized spacial score (nSPS) is 12.4. The van der Waals surface area contributed by atoms with Gasteiger partial charge in [-0.1, -0.05) is 19.1 Å². The van der Waals surface area contributed by atoms with Gasteiger partial charge in [0.1, 0.15) is 10.8 Å². The number of nitrogens with one attached hydrogen (secondary N) is 1. The Morgan fingerprint density at radius 2 is 2.10 bits per heavy atom. The van der Waals surface area contributed by atoms with Crippen molar-refractivity contribution in [3.63, 3.8) is 0 Å². The Balaban J connectivity index is 2.31. The van der Waals surface area contributed by atoms with E-state index in [2.05, 4.69) is 32.2 Å². The van der Waals surface area contributed by atoms with Crippen LogP contribution in [0.25, 0.3) is 10.6 Å². The first-order chi connectivity index (χ1) is 9.67. The van der Waals surface area contributed by atoms with E-state index in [9.17, 15) is 0 Å². The molecule has 1 heterocycles. The number of aryl methyl sites for hydroxylation is 1. The Morgan fingerprint density at radius 1 is 1.35 bits per heavy atom. The lowest BCUT2D eigenvalue weighted by molar-refractivity contribution is 0.416. The second kappa shape index (κ2) is 6.86. The third-order valence-corrected chi connectivity index (χ3v) is 4.64. The third kappa shape index (κ3) is 3.19. The highest BCUT2D eigenvalue weighted by molar-refractivity contribution is 7.15. The van der Waals surface area contributed by atoms with Crippen LogP contribution in [0, 0.1) is 6.92 Å². The second-order valence-corrected chi connectivity index (χ2v) is 5.88. The van der Waals surface area contributed by atoms with E-state index in [1.807, 2.05) is 18.2 Å². The van der Waals surface area contributed by atoms with Gasteiger partial charge in [0.05, 0.1) is 18.4 Å². The minimum atomic E-state index is 0.343. The predicted octanol–water partition coefficient (Wildman–Crippen LogP) is 4.19. The fraction of sp³-hybridized carbons (Fsp3) is 0.438. The zero-order valence-electron chi connectivity index (χ0n) is 12.6. The van der Waals surface area contributed by atoms with Crippen molar-refractivity contribution >= 4 is 11.3 Å². The summed E-state index contributed by atoms with van der Waals surface area (Å²) in [6.07, 6.45) is 1.14. The smallest absolute Gasteiger partial charge is 0.129 e. The van der Waals surface area contributed by atoms with Gasteiger partial charge in [0, 0.05) is 10.9 Å². The maximum absolute atomic E-state index is 5.43. The van der Waals surface area contributed by atoms with Crippen molar-refractivity contribution < 1.29 is 4.74 Å². The molecule has 0 radical (unpaired) electrons. The van der Waals surface area contributed by atoms with Crippen LogP contribution >= 0.6 is 11.3 Å². The maximum atomic E-state index is 5.43. The minimum absolute atomic E-state index is 0.343. The highest BCUT2D eigenvalue weighted by atomic mass is 32.1. The molecule has 2 aromatic rings. The van der Waals surface area contributed by atoms with E-state index in [4.69, 9.17) is 9.72 Å². The van der Waals surface area contributed by atoms with E-state index in [-0.39, 0.29) is 0 Å². The van der Waals surface area contributed by atoms with Crippen LogP contribution in [0.15, 0.2) is 24.3 Å². The van der Waals surface area contributed by atoms with Crippen molar-refractivity contribution in [3.05, 3.63) is 34.8 Å². The number of aromatic nitrogens is 1. The number of methoxy groups -OCH3 is 1. The quantitative estimate of drug-likeness (QED) is 0.866. The Hall–Kier alpha value is -1.39. The summed E-state index contributed by atoms with van der Waals surface area (Å²) in [6, 6.07) is 8.38. The van der Waals surface area contributed by atoms with Gasteiger partial charge in [0.15, 0.2) is 0 Å². The summed E-state index contributed by atoms with van der Waals surface area (Å²) < 4.78 is 5.43. The van der Waals surface area contributed by atoms with Crippen LogP contribution < -0.4 is 10.1 Å². The van der Waals surface area contributed by atoms with Crippen molar-refractivity contribution in [2.75, 3.05) is 13.7 Å². The van der Waals surface area contributed by atoms with Crippen molar-refractivity contribution in [2.45, 2.75) is 33.2 Å². The molecule has 20 heavy (non-hydrogen) atoms. The zero-order valence-corrected chi connectivity index (χ0v) is 13.4. The Kier molecular flexibility index (Phi) is 5.15. The molecular weight excluding hydrogens is 268 g/mol. The number of ether oxygens (including phenoxy) is 1. The largest absolute Gasteiger partial charge is 0.496 e. The van der Waals surface area contributed by atoms with E-state index in [0.29, 0.717) is 6.04 Å². The number of thiazole rings is 1. The molecule has 0 aliphatic carbocycles. The Labute approximate surface area is 125 Å². The van der Waals surface area contributed by atoms with E-state index >= 15 is 0 Å². The van der Waals surface area contributed by atoms with Crippen molar-refractivity contribution in [1.29, 1.82) is 0 Å². The maximum Gasteiger partial charge on any atom is 0.129 e. The standard InChI is InChI=1S/C16H22N2OS/c1-5-10-17-11(2)15-12(3)18-16(20-15)13-8-6-7-9-14(13)19-4/h6-9,11,17H,5,10H2,1-4H3. The number of hydrogen-bond acceptors (Lipinski definition) is 4. The SMILES string of the molecule is CCCNC(C)c1sc(-c2ccccc2OC)nc1C. The lowest BCUT2D eigenvalue weighted by Gasteiger charge is -2.11. The molecule has 0 amide bonds. The van der Waals surface area contributed by atoms with E-state index in [1.165, 1.54) is 4.88 Å². The Bertz CT molecular complexity index is 565. The fourth-order valence-electron chi connectivity index (χ4n) is 2.20. The minimum Gasteiger partial charge on any atom is -0.496 e. The zero-order chi connectivity index (χ0) is 14.5. The topological polar surface area (TPSA) is 34.1 Å². The monoisotopic (exact) mass is 290 g/mol. The van der Waals surface area contributed by atoms with Crippen molar-refractivity contribution in [2.24, 2.45) is 0 Å². The molecule has 1 N–H and O–H groups in total. The molecule has 0 saturated carbocycles. The molecule has 0 aliphatic rings. The van der Waals surface area contributed by atoms with Gasteiger partial charge in [-0.2, -0.15) is 0 Å². The molecule has 0 bridgehead atoms. The van der Waals surface area contributed by atoms with Gasteiger partial charge in [0.25, 0.3) is 0 Å². The molecule has 0 saturated heterocycles. The van der Waals surface area contributed by atoms with Gasteiger partial charge in [0.2, 0.25) is 0 Å². The number of rotatable bonds is 6. The average molecular weight is 290 g/mol. The lowest BCUT2D eigenvalue weighted by Crippen LogP contribution is -2.18. The summed E-state index contributed by atoms with van der Waals surface area (Å²) >= 11 is 1.75. The van der Waals surface area contributed by atoms with Gasteiger partial charge in [-0.3, -0.25) is 0 Å². The van der Waals surface area contributed by atoms with Crippen LogP contribution in [0.5, 0.6) is 5.75 Å². The highest BCUT2D eigenvalue weighted by Gasteiger charge is 2.16. The summed E-state index contributed by atoms with van der Waals surface area (Å²) in [7, 11) is 1.70. The predicted molar refractivity (Wildman–Crippen MR) is 85.5 cm³/mol. The van der Waals surface area contributed by atoms with E-state index < -0.39 is 0 Å². The lowest BCUT2D eigenvalue weighted by atomic mass is 10.2. The summed E-state index contributed by atoms with van der Waals surface area (Å²) in [5.41, 5.74) is 2.17. The molecule has 1 aromatic heterocycles. The first-order valence-electron chi connectivity index (χ1n) is 7.01. The van der Waals surface area contributed by atoms with Crippen LogP contribution in [-0.2, 0) is 0 Å². The Morgan fingerprint density at radius 3 is 2.80 bits per heavy atom. The molecule has 0 spiro atoms. The molecule has 1 atom stereocenters. The molecule has 3 nitrogen and oxygen atoms in total. The van der Waals surface area contributed by atoms with Gasteiger partial charge in [-0.25, -0.2) is 4.98 Å². The molecule has 0 aliphatic heterocycles. The van der Waals surface area contributed by atoms with Crippen LogP contribution in [-0.4, -0.2) is 18.6 Å². The van der Waals surface area contributed by atoms with E-state index in [1.54, 1.807) is 18.4 Å². The van der Waals surface area contributed by atoms with Gasteiger partial charge >= 0.3 is 0 Å². The average Bonchev–Trinajstić information content (AvgIpc) is 2.86. The van der Waals surface area contributed by atoms with Crippen LogP contribution in [0.2, 0.25) is 0 Å². The number of hydrogen-bond donors (Lipinski definition) is 1. The first-order valence-corrected chi connectivity index (χ1v) is 7.83. The van der Waals surface area contributed by atoms with Crippen LogP contribution in [0.1, 0.15) is 36.9 Å². The van der Waals surface area contributed by atoms with Gasteiger partial charge in [-0.15, -0.1) is 11.3 Å². The number of nitrogens with zero attached hydrogens (tertiary/aromatic N) is 1. The highest BCUT2D eigenvalue weighted by Crippen LogP contribution is 2.36. The summed E-state index contributed by atoms with van der Waals surface area (Å²) in [5.74, 6) is 0.877. The van der Waals surface area contributed by atoms with Crippen molar-refractivity contribution in [3.8, 4) is 16.3 Å². The fourth-order valence-corrected chi connectivity index (χ4v) is 3.32. The van der Waals surface area contributed by atoms with Crippen LogP contribution in [0.3, 0.4) is 0 Å². The number of para-hydroxylation sites is 1. The molecule has 2 rings (SSSR count). The summed E-state index contributed by atoms with van der Waals surface area (Å²) in [6.45, 7) is 7.49. The summed E-state index contributed by atoms with van der Waals surface area (Å²) in [5, 5.41) is 4.55.